The average molecular weight is 589 g/mol. The molecule has 0 atom stereocenters. The Bertz CT molecular complexity index is 2890. The zero-order valence-corrected chi connectivity index (χ0v) is 23.7. The third kappa shape index (κ3) is 4.09. The Morgan fingerprint density at radius 1 is 0.500 bits per heavy atom. The molecule has 9 rings (SSSR count). The van der Waals surface area contributed by atoms with E-state index >= 15 is 0 Å². The summed E-state index contributed by atoms with van der Waals surface area (Å²) in [5.41, 5.74) is 4.93. The van der Waals surface area contributed by atoms with Crippen molar-refractivity contribution < 1.29 is 14.0 Å². The second kappa shape index (κ2) is 9.97. The summed E-state index contributed by atoms with van der Waals surface area (Å²) in [5.74, 6) is 0.694. The average Bonchev–Trinajstić information content (AvgIpc) is 3.75. The molecule has 6 aromatic carbocycles. The monoisotopic (exact) mass is 588 g/mol. The van der Waals surface area contributed by atoms with E-state index in [1.807, 2.05) is 97.1 Å². The van der Waals surface area contributed by atoms with Gasteiger partial charge in [0.2, 0.25) is 0 Å². The Balaban J connectivity index is 1.32. The van der Waals surface area contributed by atoms with Crippen LogP contribution in [0.2, 0.25) is 0 Å². The molecule has 0 aliphatic heterocycles. The summed E-state index contributed by atoms with van der Waals surface area (Å²) in [4.78, 5) is 14.6. The van der Waals surface area contributed by atoms with Gasteiger partial charge in [0.15, 0.2) is 17.5 Å². The minimum atomic E-state index is -0.431. The third-order valence-corrected chi connectivity index (χ3v) is 8.81. The molecule has 9 aromatic rings. The van der Waals surface area contributed by atoms with Crippen LogP contribution in [-0.2, 0) is 0 Å². The van der Waals surface area contributed by atoms with Gasteiger partial charge < -0.3 is 4.42 Å². The van der Waals surface area contributed by atoms with Crippen LogP contribution in [0, 0.1) is 0 Å². The van der Waals surface area contributed by atoms with Gasteiger partial charge in [-0.3, -0.25) is 0 Å². The van der Waals surface area contributed by atoms with Crippen LogP contribution in [0.15, 0.2) is 144 Å². The lowest BCUT2D eigenvalue weighted by Crippen LogP contribution is -2.00. The van der Waals surface area contributed by atoms with Crippen molar-refractivity contribution in [3.8, 4) is 45.3 Å². The van der Waals surface area contributed by atoms with Crippen molar-refractivity contribution in [1.82, 2.24) is 15.0 Å². The van der Waals surface area contributed by atoms with Crippen LogP contribution in [0.4, 0.5) is 0 Å². The van der Waals surface area contributed by atoms with Crippen molar-refractivity contribution in [2.24, 2.45) is 0 Å². The fraction of sp³-hybridized carbons (Fsp3) is 0. The van der Waals surface area contributed by atoms with Crippen molar-refractivity contribution in [1.29, 1.82) is 0 Å². The highest BCUT2D eigenvalue weighted by Gasteiger charge is 2.17. The van der Waals surface area contributed by atoms with Gasteiger partial charge in [-0.25, -0.2) is 15.0 Å². The minimum Gasteiger partial charge on any atom is -0.456 e. The quantitative estimate of drug-likeness (QED) is 0.205. The van der Waals surface area contributed by atoms with Crippen LogP contribution in [0.25, 0.3) is 87.4 Å². The number of furan rings is 1. The van der Waals surface area contributed by atoms with E-state index in [0.717, 1.165) is 38.8 Å². The molecule has 0 radical (unpaired) electrons. The van der Waals surface area contributed by atoms with Gasteiger partial charge in [-0.05, 0) is 41.4 Å². The molecule has 0 aliphatic carbocycles. The van der Waals surface area contributed by atoms with E-state index < -0.39 is 18.1 Å². The number of rotatable bonds is 4. The standard InChI is InChI=1S/C39H23N3OS/c1-2-9-24(10-3-1)25-17-19-26(20-18-25)37-40-38(27-21-22-29-28-11-4-6-15-33(28)43-34(29)23-27)42-39(41-37)32-14-8-13-31-30-12-5-7-16-35(30)44-36(31)32/h1-23H/i5D,7D,8D,12D,13D,14D,16D. The minimum absolute atomic E-state index is 0.0807. The molecule has 0 N–H and O–H groups in total. The smallest absolute Gasteiger partial charge is 0.165 e. The molecule has 0 saturated heterocycles. The second-order valence-electron chi connectivity index (χ2n) is 10.3. The molecule has 0 spiro atoms. The number of hydrogen-bond donors (Lipinski definition) is 0. The van der Waals surface area contributed by atoms with Gasteiger partial charge in [0.1, 0.15) is 11.2 Å². The number of fused-ring (bicyclic) bond motifs is 6. The van der Waals surface area contributed by atoms with E-state index in [9.17, 15) is 0 Å². The summed E-state index contributed by atoms with van der Waals surface area (Å²) < 4.78 is 67.3. The van der Waals surface area contributed by atoms with Crippen molar-refractivity contribution in [2.45, 2.75) is 0 Å². The van der Waals surface area contributed by atoms with Crippen LogP contribution in [0.3, 0.4) is 0 Å². The third-order valence-electron chi connectivity index (χ3n) is 7.68. The van der Waals surface area contributed by atoms with E-state index in [-0.39, 0.29) is 51.0 Å². The Labute approximate surface area is 266 Å². The molecule has 0 unspecified atom stereocenters. The van der Waals surface area contributed by atoms with E-state index in [0.29, 0.717) is 33.1 Å². The van der Waals surface area contributed by atoms with Gasteiger partial charge in [0.05, 0.1) is 9.60 Å². The summed E-state index contributed by atoms with van der Waals surface area (Å²) in [6.45, 7) is 0. The summed E-state index contributed by atoms with van der Waals surface area (Å²) >= 11 is 1.04. The first-order chi connectivity index (χ1) is 24.7. The Morgan fingerprint density at radius 3 is 2.05 bits per heavy atom. The first-order valence-corrected chi connectivity index (χ1v) is 14.8. The van der Waals surface area contributed by atoms with Gasteiger partial charge in [0.25, 0.3) is 0 Å². The van der Waals surface area contributed by atoms with Crippen molar-refractivity contribution >= 4 is 53.4 Å². The van der Waals surface area contributed by atoms with Gasteiger partial charge in [-0.1, -0.05) is 109 Å². The first kappa shape index (κ1) is 18.8. The van der Waals surface area contributed by atoms with Crippen LogP contribution in [0.5, 0.6) is 0 Å². The highest BCUT2D eigenvalue weighted by Crippen LogP contribution is 2.40. The topological polar surface area (TPSA) is 51.8 Å². The molecule has 0 saturated carbocycles. The van der Waals surface area contributed by atoms with Crippen LogP contribution < -0.4 is 0 Å². The van der Waals surface area contributed by atoms with E-state index in [1.54, 1.807) is 0 Å². The number of thiophene rings is 1. The fourth-order valence-electron chi connectivity index (χ4n) is 5.54. The van der Waals surface area contributed by atoms with Crippen molar-refractivity contribution in [3.05, 3.63) is 139 Å². The lowest BCUT2D eigenvalue weighted by atomic mass is 10.0. The summed E-state index contributed by atoms with van der Waals surface area (Å²) in [5, 5.41) is 2.22. The SMILES string of the molecule is [2H]c1c([2H])c([2H])c2c(sc3c(-c4nc(-c5ccc(-c6ccccc6)cc5)nc(-c5ccc6c(c5)oc5ccccc56)n4)c([2H])c([2H])c([2H])c32)c1[2H]. The Kier molecular flexibility index (Phi) is 4.26. The lowest BCUT2D eigenvalue weighted by molar-refractivity contribution is 0.669. The molecule has 3 heterocycles. The zero-order chi connectivity index (χ0) is 35.1. The van der Waals surface area contributed by atoms with Gasteiger partial charge in [-0.2, -0.15) is 0 Å². The van der Waals surface area contributed by atoms with Crippen molar-refractivity contribution in [3.63, 3.8) is 0 Å². The van der Waals surface area contributed by atoms with Gasteiger partial charge in [-0.15, -0.1) is 11.3 Å². The van der Waals surface area contributed by atoms with E-state index in [4.69, 9.17) is 29.0 Å². The molecule has 0 fully saturated rings. The van der Waals surface area contributed by atoms with Crippen LogP contribution in [0.1, 0.15) is 9.60 Å². The molecule has 206 valence electrons. The van der Waals surface area contributed by atoms with Gasteiger partial charge in [0, 0.05) is 47.6 Å². The maximum absolute atomic E-state index is 9.08. The molecule has 44 heavy (non-hydrogen) atoms. The molecular weight excluding hydrogens is 559 g/mol. The van der Waals surface area contributed by atoms with Crippen molar-refractivity contribution in [2.75, 3.05) is 0 Å². The fourth-order valence-corrected chi connectivity index (χ4v) is 6.60. The Hall–Kier alpha value is -5.65. The molecule has 0 aliphatic rings. The predicted octanol–water partition coefficient (Wildman–Crippen LogP) is 10.8. The lowest BCUT2D eigenvalue weighted by Gasteiger charge is -2.10. The number of benzene rings is 6. The van der Waals surface area contributed by atoms with E-state index in [2.05, 4.69) is 0 Å². The molecular formula is C39H23N3OS. The van der Waals surface area contributed by atoms with Crippen LogP contribution >= 0.6 is 11.3 Å². The molecule has 4 nitrogen and oxygen atoms in total. The summed E-state index contributed by atoms with van der Waals surface area (Å²) in [7, 11) is 0. The first-order valence-electron chi connectivity index (χ1n) is 17.5. The number of para-hydroxylation sites is 1. The number of hydrogen-bond acceptors (Lipinski definition) is 5. The maximum Gasteiger partial charge on any atom is 0.165 e. The highest BCUT2D eigenvalue weighted by molar-refractivity contribution is 7.26. The van der Waals surface area contributed by atoms with Gasteiger partial charge >= 0.3 is 0 Å². The molecule has 0 bridgehead atoms. The number of nitrogens with zero attached hydrogens (tertiary/aromatic N) is 3. The largest absolute Gasteiger partial charge is 0.456 e. The molecule has 0 amide bonds. The van der Waals surface area contributed by atoms with E-state index in [1.165, 1.54) is 0 Å². The number of aromatic nitrogens is 3. The zero-order valence-electron chi connectivity index (χ0n) is 29.9. The predicted molar refractivity (Wildman–Crippen MR) is 182 cm³/mol. The second-order valence-corrected chi connectivity index (χ2v) is 11.3. The Morgan fingerprint density at radius 2 is 1.16 bits per heavy atom. The summed E-state index contributed by atoms with van der Waals surface area (Å²) in [6, 6.07) is 28.9. The molecule has 5 heteroatoms. The normalized spacial score (nSPS) is 13.9. The molecule has 3 aromatic heterocycles. The summed E-state index contributed by atoms with van der Waals surface area (Å²) in [6.07, 6.45) is 0. The van der Waals surface area contributed by atoms with Crippen LogP contribution in [-0.4, -0.2) is 15.0 Å². The highest BCUT2D eigenvalue weighted by atomic mass is 32.1. The maximum atomic E-state index is 9.08.